The van der Waals surface area contributed by atoms with Crippen molar-refractivity contribution in [3.05, 3.63) is 0 Å². The second-order valence-corrected chi connectivity index (χ2v) is 6.49. The molecule has 0 spiro atoms. The normalized spacial score (nSPS) is 22.4. The summed E-state index contributed by atoms with van der Waals surface area (Å²) < 4.78 is 30.3. The third-order valence-electron chi connectivity index (χ3n) is 2.96. The van der Waals surface area contributed by atoms with E-state index < -0.39 is 15.9 Å². The molecule has 0 aromatic rings. The molecule has 2 rings (SSSR count). The lowest BCUT2D eigenvalue weighted by Crippen LogP contribution is -2.38. The summed E-state index contributed by atoms with van der Waals surface area (Å²) in [5.74, 6) is -0.560. The number of amides is 1. The van der Waals surface area contributed by atoms with Crippen LogP contribution in [0.15, 0.2) is 0 Å². The van der Waals surface area contributed by atoms with Gasteiger partial charge in [0.2, 0.25) is 10.0 Å². The highest BCUT2D eigenvalue weighted by molar-refractivity contribution is 7.90. The number of carbonyl (C=O) groups excluding carboxylic acids is 1. The highest BCUT2D eigenvalue weighted by atomic mass is 32.2. The fourth-order valence-electron chi connectivity index (χ4n) is 1.81. The largest absolute Gasteiger partial charge is 0.368 e. The monoisotopic (exact) mass is 262 g/mol. The van der Waals surface area contributed by atoms with Crippen molar-refractivity contribution in [2.75, 3.05) is 19.7 Å². The Morgan fingerprint density at radius 1 is 1.24 bits per heavy atom. The van der Waals surface area contributed by atoms with E-state index in [9.17, 15) is 13.2 Å². The molecule has 0 radical (unpaired) electrons. The standard InChI is InChI=1S/C10H18N2O4S/c13-10(12-17(14,15)9-1-2-9)7-16-8-3-5-11-6-4-8/h8-9,11H,1-7H2,(H,12,13). The quantitative estimate of drug-likeness (QED) is 0.688. The van der Waals surface area contributed by atoms with Crippen molar-refractivity contribution in [1.82, 2.24) is 10.0 Å². The minimum absolute atomic E-state index is 0.0608. The molecule has 1 aliphatic carbocycles. The van der Waals surface area contributed by atoms with Crippen molar-refractivity contribution in [2.45, 2.75) is 37.0 Å². The molecule has 1 saturated carbocycles. The van der Waals surface area contributed by atoms with Crippen molar-refractivity contribution in [2.24, 2.45) is 0 Å². The van der Waals surface area contributed by atoms with Crippen LogP contribution in [0.1, 0.15) is 25.7 Å². The van der Waals surface area contributed by atoms with Crippen molar-refractivity contribution in [3.8, 4) is 0 Å². The summed E-state index contributed by atoms with van der Waals surface area (Å²) in [7, 11) is -3.43. The zero-order valence-corrected chi connectivity index (χ0v) is 10.5. The van der Waals surface area contributed by atoms with E-state index in [0.717, 1.165) is 25.9 Å². The first-order chi connectivity index (χ1) is 8.08. The molecule has 6 nitrogen and oxygen atoms in total. The maximum Gasteiger partial charge on any atom is 0.259 e. The topological polar surface area (TPSA) is 84.5 Å². The summed E-state index contributed by atoms with van der Waals surface area (Å²) in [5.41, 5.74) is 0. The van der Waals surface area contributed by atoms with Crippen LogP contribution in [0.3, 0.4) is 0 Å². The summed E-state index contributed by atoms with van der Waals surface area (Å²) in [6, 6.07) is 0. The van der Waals surface area contributed by atoms with Crippen LogP contribution in [0.2, 0.25) is 0 Å². The zero-order valence-electron chi connectivity index (χ0n) is 9.65. The summed E-state index contributed by atoms with van der Waals surface area (Å²) in [5, 5.41) is 2.82. The molecule has 0 atom stereocenters. The van der Waals surface area contributed by atoms with Crippen LogP contribution in [-0.2, 0) is 19.6 Å². The molecule has 2 fully saturated rings. The van der Waals surface area contributed by atoms with E-state index in [1.54, 1.807) is 0 Å². The van der Waals surface area contributed by atoms with Crippen LogP contribution in [0.25, 0.3) is 0 Å². The van der Waals surface area contributed by atoms with Gasteiger partial charge < -0.3 is 10.1 Å². The number of rotatable bonds is 5. The first-order valence-electron chi connectivity index (χ1n) is 5.95. The number of piperidine rings is 1. The number of sulfonamides is 1. The van der Waals surface area contributed by atoms with Crippen LogP contribution in [0.5, 0.6) is 0 Å². The number of carbonyl (C=O) groups is 1. The smallest absolute Gasteiger partial charge is 0.259 e. The van der Waals surface area contributed by atoms with E-state index in [1.807, 2.05) is 0 Å². The molecule has 0 aromatic carbocycles. The van der Waals surface area contributed by atoms with E-state index in [-0.39, 0.29) is 18.0 Å². The molecule has 1 amide bonds. The minimum Gasteiger partial charge on any atom is -0.368 e. The minimum atomic E-state index is -3.43. The Bertz CT molecular complexity index is 372. The molecule has 1 heterocycles. The molecule has 7 heteroatoms. The Kier molecular flexibility index (Phi) is 4.01. The average Bonchev–Trinajstić information content (AvgIpc) is 3.11. The van der Waals surface area contributed by atoms with Gasteiger partial charge in [0.05, 0.1) is 11.4 Å². The van der Waals surface area contributed by atoms with Crippen molar-refractivity contribution >= 4 is 15.9 Å². The second kappa shape index (κ2) is 5.32. The van der Waals surface area contributed by atoms with Gasteiger partial charge in [-0.1, -0.05) is 0 Å². The maximum atomic E-state index is 11.5. The van der Waals surface area contributed by atoms with Crippen LogP contribution >= 0.6 is 0 Å². The lowest BCUT2D eigenvalue weighted by molar-refractivity contribution is -0.126. The van der Waals surface area contributed by atoms with Crippen molar-refractivity contribution < 1.29 is 17.9 Å². The van der Waals surface area contributed by atoms with Crippen LogP contribution in [0, 0.1) is 0 Å². The summed E-state index contributed by atoms with van der Waals surface area (Å²) in [4.78, 5) is 11.4. The molecule has 17 heavy (non-hydrogen) atoms. The number of ether oxygens (including phenoxy) is 1. The van der Waals surface area contributed by atoms with Gasteiger partial charge in [-0.25, -0.2) is 8.42 Å². The van der Waals surface area contributed by atoms with E-state index in [1.165, 1.54) is 0 Å². The highest BCUT2D eigenvalue weighted by Gasteiger charge is 2.36. The molecular weight excluding hydrogens is 244 g/mol. The van der Waals surface area contributed by atoms with Gasteiger partial charge in [0.1, 0.15) is 6.61 Å². The molecule has 0 aromatic heterocycles. The molecule has 2 N–H and O–H groups in total. The van der Waals surface area contributed by atoms with Crippen molar-refractivity contribution in [1.29, 1.82) is 0 Å². The Morgan fingerprint density at radius 3 is 2.47 bits per heavy atom. The summed E-state index contributed by atoms with van der Waals surface area (Å²) >= 11 is 0. The Hall–Kier alpha value is -0.660. The fourth-order valence-corrected chi connectivity index (χ4v) is 3.11. The Labute approximate surface area is 101 Å². The highest BCUT2D eigenvalue weighted by Crippen LogP contribution is 2.27. The van der Waals surface area contributed by atoms with E-state index in [2.05, 4.69) is 10.0 Å². The van der Waals surface area contributed by atoms with Gasteiger partial charge in [-0.3, -0.25) is 9.52 Å². The van der Waals surface area contributed by atoms with Crippen LogP contribution in [-0.4, -0.2) is 45.4 Å². The van der Waals surface area contributed by atoms with Gasteiger partial charge >= 0.3 is 0 Å². The first-order valence-corrected chi connectivity index (χ1v) is 7.49. The van der Waals surface area contributed by atoms with E-state index in [0.29, 0.717) is 12.8 Å². The zero-order chi connectivity index (χ0) is 12.3. The average molecular weight is 262 g/mol. The van der Waals surface area contributed by atoms with Gasteiger partial charge in [-0.2, -0.15) is 0 Å². The third kappa shape index (κ3) is 3.93. The lowest BCUT2D eigenvalue weighted by atomic mass is 10.1. The van der Waals surface area contributed by atoms with E-state index in [4.69, 9.17) is 4.74 Å². The van der Waals surface area contributed by atoms with Crippen molar-refractivity contribution in [3.63, 3.8) is 0 Å². The summed E-state index contributed by atoms with van der Waals surface area (Å²) in [6.45, 7) is 1.59. The van der Waals surface area contributed by atoms with Crippen LogP contribution < -0.4 is 10.0 Å². The molecule has 1 saturated heterocycles. The predicted octanol–water partition coefficient (Wildman–Crippen LogP) is -0.637. The molecule has 98 valence electrons. The van der Waals surface area contributed by atoms with Crippen LogP contribution in [0.4, 0.5) is 0 Å². The number of hydrogen-bond donors (Lipinski definition) is 2. The van der Waals surface area contributed by atoms with Gasteiger partial charge in [0, 0.05) is 0 Å². The third-order valence-corrected chi connectivity index (χ3v) is 4.82. The predicted molar refractivity (Wildman–Crippen MR) is 61.9 cm³/mol. The fraction of sp³-hybridized carbons (Fsp3) is 0.900. The SMILES string of the molecule is O=C(COC1CCNCC1)NS(=O)(=O)C1CC1. The van der Waals surface area contributed by atoms with Gasteiger partial charge in [0.15, 0.2) is 0 Å². The number of nitrogens with one attached hydrogen (secondary N) is 2. The molecule has 0 bridgehead atoms. The number of hydrogen-bond acceptors (Lipinski definition) is 5. The molecule has 1 aliphatic heterocycles. The lowest BCUT2D eigenvalue weighted by Gasteiger charge is -2.22. The van der Waals surface area contributed by atoms with Gasteiger partial charge in [-0.15, -0.1) is 0 Å². The van der Waals surface area contributed by atoms with Gasteiger partial charge in [0.25, 0.3) is 5.91 Å². The Morgan fingerprint density at radius 2 is 1.88 bits per heavy atom. The molecular formula is C10H18N2O4S. The first kappa shape index (κ1) is 12.8. The summed E-state index contributed by atoms with van der Waals surface area (Å²) in [6.07, 6.45) is 3.09. The molecule has 2 aliphatic rings. The second-order valence-electron chi connectivity index (χ2n) is 4.53. The Balaban J connectivity index is 1.70. The van der Waals surface area contributed by atoms with Gasteiger partial charge in [-0.05, 0) is 38.8 Å². The maximum absolute atomic E-state index is 11.5. The van der Waals surface area contributed by atoms with E-state index >= 15 is 0 Å². The molecule has 0 unspecified atom stereocenters.